The fourth-order valence-corrected chi connectivity index (χ4v) is 1.50. The largest absolute Gasteiger partial charge is 0.476 e. The van der Waals surface area contributed by atoms with E-state index in [1.54, 1.807) is 10.7 Å². The van der Waals surface area contributed by atoms with E-state index in [4.69, 9.17) is 5.11 Å². The van der Waals surface area contributed by atoms with Crippen LogP contribution in [-0.4, -0.2) is 20.9 Å². The Morgan fingerprint density at radius 2 is 2.12 bits per heavy atom. The third kappa shape index (κ3) is 2.72. The maximum absolute atomic E-state index is 10.9. The van der Waals surface area contributed by atoms with Crippen LogP contribution in [0, 0.1) is 0 Å². The van der Waals surface area contributed by atoms with Gasteiger partial charge in [0.15, 0.2) is 5.69 Å². The number of aromatic nitrogens is 2. The summed E-state index contributed by atoms with van der Waals surface area (Å²) in [6, 6.07) is 1.63. The van der Waals surface area contributed by atoms with Crippen LogP contribution in [0.2, 0.25) is 0 Å². The monoisotopic (exact) mass is 222 g/mol. The highest BCUT2D eigenvalue weighted by Gasteiger charge is 2.22. The summed E-state index contributed by atoms with van der Waals surface area (Å²) in [5.74, 6) is -0.994. The smallest absolute Gasteiger partial charge is 0.356 e. The molecule has 0 aromatic carbocycles. The van der Waals surface area contributed by atoms with Gasteiger partial charge in [-0.1, -0.05) is 32.9 Å². The van der Waals surface area contributed by atoms with E-state index in [-0.39, 0.29) is 11.1 Å². The molecule has 0 atom stereocenters. The molecule has 0 aliphatic carbocycles. The first-order chi connectivity index (χ1) is 7.21. The third-order valence-electron chi connectivity index (χ3n) is 2.19. The maximum atomic E-state index is 10.9. The zero-order chi connectivity index (χ0) is 12.5. The Morgan fingerprint density at radius 3 is 2.50 bits per heavy atom. The molecule has 0 amide bonds. The number of hydrogen-bond donors (Lipinski definition) is 1. The molecule has 4 nitrogen and oxygen atoms in total. The second-order valence-electron chi connectivity index (χ2n) is 5.08. The average molecular weight is 222 g/mol. The molecule has 1 rings (SSSR count). The summed E-state index contributed by atoms with van der Waals surface area (Å²) in [7, 11) is 0. The Morgan fingerprint density at radius 1 is 1.56 bits per heavy atom. The minimum absolute atomic E-state index is 0.0891. The molecule has 0 saturated carbocycles. The number of aromatic carboxylic acids is 1. The lowest BCUT2D eigenvalue weighted by molar-refractivity contribution is 0.0689. The molecule has 0 unspecified atom stereocenters. The first-order valence-electron chi connectivity index (χ1n) is 5.18. The van der Waals surface area contributed by atoms with E-state index in [2.05, 4.69) is 11.7 Å². The van der Waals surface area contributed by atoms with E-state index in [1.807, 2.05) is 27.7 Å². The standard InChI is InChI=1S/C12H18N2O2/c1-8(2)7-14-10(12(3,4)5)6-9(13-14)11(15)16/h6H,1,7H2,2-5H3,(H,15,16). The van der Waals surface area contributed by atoms with Gasteiger partial charge >= 0.3 is 5.97 Å². The van der Waals surface area contributed by atoms with Gasteiger partial charge in [-0.3, -0.25) is 4.68 Å². The van der Waals surface area contributed by atoms with Crippen LogP contribution < -0.4 is 0 Å². The molecule has 1 N–H and O–H groups in total. The van der Waals surface area contributed by atoms with Gasteiger partial charge in [0, 0.05) is 11.1 Å². The summed E-state index contributed by atoms with van der Waals surface area (Å²) in [5, 5.41) is 13.0. The zero-order valence-electron chi connectivity index (χ0n) is 10.2. The molecule has 0 aliphatic rings. The second-order valence-corrected chi connectivity index (χ2v) is 5.08. The van der Waals surface area contributed by atoms with Crippen molar-refractivity contribution in [1.82, 2.24) is 9.78 Å². The molecule has 0 bridgehead atoms. The first kappa shape index (κ1) is 12.5. The number of allylic oxidation sites excluding steroid dienone is 1. The van der Waals surface area contributed by atoms with Crippen LogP contribution in [0.25, 0.3) is 0 Å². The molecule has 88 valence electrons. The van der Waals surface area contributed by atoms with E-state index in [0.717, 1.165) is 11.3 Å². The quantitative estimate of drug-likeness (QED) is 0.799. The molecule has 16 heavy (non-hydrogen) atoms. The Hall–Kier alpha value is -1.58. The van der Waals surface area contributed by atoms with E-state index in [1.165, 1.54) is 0 Å². The van der Waals surface area contributed by atoms with Crippen molar-refractivity contribution in [3.05, 3.63) is 29.6 Å². The van der Waals surface area contributed by atoms with Gasteiger partial charge in [-0.15, -0.1) is 0 Å². The highest BCUT2D eigenvalue weighted by molar-refractivity contribution is 5.85. The van der Waals surface area contributed by atoms with Crippen molar-refractivity contribution in [2.75, 3.05) is 0 Å². The van der Waals surface area contributed by atoms with Gasteiger partial charge in [-0.2, -0.15) is 5.10 Å². The summed E-state index contributed by atoms with van der Waals surface area (Å²) in [5.41, 5.74) is 1.82. The molecule has 0 fully saturated rings. The van der Waals surface area contributed by atoms with Crippen LogP contribution in [0.4, 0.5) is 0 Å². The molecule has 4 heteroatoms. The molecular weight excluding hydrogens is 204 g/mol. The second kappa shape index (κ2) is 4.12. The zero-order valence-corrected chi connectivity index (χ0v) is 10.2. The van der Waals surface area contributed by atoms with E-state index in [9.17, 15) is 4.79 Å². The number of carbonyl (C=O) groups is 1. The van der Waals surface area contributed by atoms with Crippen molar-refractivity contribution in [2.45, 2.75) is 39.7 Å². The number of carboxylic acids is 1. The van der Waals surface area contributed by atoms with E-state index >= 15 is 0 Å². The van der Waals surface area contributed by atoms with E-state index < -0.39 is 5.97 Å². The molecule has 0 saturated heterocycles. The van der Waals surface area contributed by atoms with Crippen LogP contribution in [0.5, 0.6) is 0 Å². The third-order valence-corrected chi connectivity index (χ3v) is 2.19. The molecule has 0 radical (unpaired) electrons. The van der Waals surface area contributed by atoms with Crippen LogP contribution >= 0.6 is 0 Å². The van der Waals surface area contributed by atoms with Crippen molar-refractivity contribution in [1.29, 1.82) is 0 Å². The molecular formula is C12H18N2O2. The number of nitrogens with zero attached hydrogens (tertiary/aromatic N) is 2. The van der Waals surface area contributed by atoms with Crippen molar-refractivity contribution < 1.29 is 9.90 Å². The summed E-state index contributed by atoms with van der Waals surface area (Å²) in [4.78, 5) is 10.9. The first-order valence-corrected chi connectivity index (χ1v) is 5.18. The van der Waals surface area contributed by atoms with E-state index in [0.29, 0.717) is 6.54 Å². The molecule has 1 heterocycles. The maximum Gasteiger partial charge on any atom is 0.356 e. The summed E-state index contributed by atoms with van der Waals surface area (Å²) in [6.07, 6.45) is 0. The fourth-order valence-electron chi connectivity index (χ4n) is 1.50. The SMILES string of the molecule is C=C(C)Cn1nc(C(=O)O)cc1C(C)(C)C. The molecule has 0 aliphatic heterocycles. The average Bonchev–Trinajstić information content (AvgIpc) is 2.45. The Labute approximate surface area is 95.6 Å². The molecule has 0 spiro atoms. The number of rotatable bonds is 3. The van der Waals surface area contributed by atoms with Crippen molar-refractivity contribution in [3.63, 3.8) is 0 Å². The van der Waals surface area contributed by atoms with Crippen molar-refractivity contribution in [3.8, 4) is 0 Å². The van der Waals surface area contributed by atoms with Crippen LogP contribution in [0.1, 0.15) is 43.9 Å². The van der Waals surface area contributed by atoms with Gasteiger partial charge in [0.05, 0.1) is 6.54 Å². The lowest BCUT2D eigenvalue weighted by Gasteiger charge is -2.20. The lowest BCUT2D eigenvalue weighted by atomic mass is 9.92. The fraction of sp³-hybridized carbons (Fsp3) is 0.500. The summed E-state index contributed by atoms with van der Waals surface area (Å²) < 4.78 is 1.71. The molecule has 1 aromatic heterocycles. The Bertz CT molecular complexity index is 425. The predicted molar refractivity (Wildman–Crippen MR) is 62.7 cm³/mol. The van der Waals surface area contributed by atoms with Gasteiger partial charge in [-0.25, -0.2) is 4.79 Å². The molecule has 1 aromatic rings. The normalized spacial score (nSPS) is 11.5. The van der Waals surface area contributed by atoms with Gasteiger partial charge in [-0.05, 0) is 13.0 Å². The number of carboxylic acid groups (broad SMARTS) is 1. The topological polar surface area (TPSA) is 55.1 Å². The number of hydrogen-bond acceptors (Lipinski definition) is 2. The Balaban J connectivity index is 3.23. The van der Waals surface area contributed by atoms with Crippen LogP contribution in [-0.2, 0) is 12.0 Å². The highest BCUT2D eigenvalue weighted by atomic mass is 16.4. The summed E-state index contributed by atoms with van der Waals surface area (Å²) in [6.45, 7) is 12.4. The van der Waals surface area contributed by atoms with Gasteiger partial charge in [0.2, 0.25) is 0 Å². The van der Waals surface area contributed by atoms with Crippen molar-refractivity contribution >= 4 is 5.97 Å². The predicted octanol–water partition coefficient (Wildman–Crippen LogP) is 2.45. The van der Waals surface area contributed by atoms with Gasteiger partial charge in [0.1, 0.15) is 0 Å². The van der Waals surface area contributed by atoms with Crippen LogP contribution in [0.15, 0.2) is 18.2 Å². The minimum Gasteiger partial charge on any atom is -0.476 e. The Kier molecular flexibility index (Phi) is 3.21. The lowest BCUT2D eigenvalue weighted by Crippen LogP contribution is -2.18. The van der Waals surface area contributed by atoms with Gasteiger partial charge < -0.3 is 5.11 Å². The summed E-state index contributed by atoms with van der Waals surface area (Å²) >= 11 is 0. The highest BCUT2D eigenvalue weighted by Crippen LogP contribution is 2.23. The van der Waals surface area contributed by atoms with Gasteiger partial charge in [0.25, 0.3) is 0 Å². The minimum atomic E-state index is -0.994. The van der Waals surface area contributed by atoms with Crippen molar-refractivity contribution in [2.24, 2.45) is 0 Å². The van der Waals surface area contributed by atoms with Crippen LogP contribution in [0.3, 0.4) is 0 Å².